The highest BCUT2D eigenvalue weighted by Gasteiger charge is 2.24. The van der Waals surface area contributed by atoms with Gasteiger partial charge in [-0.25, -0.2) is 9.97 Å². The Bertz CT molecular complexity index is 733. The van der Waals surface area contributed by atoms with Crippen LogP contribution in [0.5, 0.6) is 0 Å². The summed E-state index contributed by atoms with van der Waals surface area (Å²) in [5, 5.41) is 0.808. The Balaban J connectivity index is 1.56. The second-order valence-electron chi connectivity index (χ2n) is 8.81. The van der Waals surface area contributed by atoms with Gasteiger partial charge in [-0.15, -0.1) is 0 Å². The molecule has 1 heterocycles. The second-order valence-corrected chi connectivity index (χ2v) is 9.22. The smallest absolute Gasteiger partial charge is 0.131 e. The SMILES string of the molecule is CCCCCc1ccc(-c2cnc(C3CCC(CCCCC)CC3)nc2)c(Cl)c1. The summed E-state index contributed by atoms with van der Waals surface area (Å²) < 4.78 is 0. The molecule has 0 amide bonds. The number of halogens is 1. The zero-order valence-electron chi connectivity index (χ0n) is 18.3. The van der Waals surface area contributed by atoms with Gasteiger partial charge in [0.25, 0.3) is 0 Å². The molecule has 2 aromatic rings. The molecule has 0 saturated heterocycles. The summed E-state index contributed by atoms with van der Waals surface area (Å²) in [5.74, 6) is 2.47. The van der Waals surface area contributed by atoms with Crippen LogP contribution in [0.15, 0.2) is 30.6 Å². The van der Waals surface area contributed by atoms with Crippen molar-refractivity contribution in [3.63, 3.8) is 0 Å². The Morgan fingerprint density at radius 1 is 0.897 bits per heavy atom. The first-order valence-corrected chi connectivity index (χ1v) is 12.2. The third kappa shape index (κ3) is 6.54. The standard InChI is InChI=1S/C26H37ClN2/c1-3-5-7-9-20-11-14-22(15-12-20)26-28-18-23(19-29-26)24-16-13-21(17-25(24)27)10-8-6-4-2/h13,16-20,22H,3-12,14-15H2,1-2H3. The summed E-state index contributed by atoms with van der Waals surface area (Å²) in [4.78, 5) is 9.47. The minimum absolute atomic E-state index is 0.530. The van der Waals surface area contributed by atoms with Gasteiger partial charge in [-0.1, -0.05) is 76.1 Å². The summed E-state index contributed by atoms with van der Waals surface area (Å²) in [6.07, 6.45) is 19.4. The first-order valence-electron chi connectivity index (χ1n) is 11.8. The van der Waals surface area contributed by atoms with Gasteiger partial charge >= 0.3 is 0 Å². The Labute approximate surface area is 182 Å². The van der Waals surface area contributed by atoms with Crippen LogP contribution in [-0.4, -0.2) is 9.97 Å². The van der Waals surface area contributed by atoms with Gasteiger partial charge in [0.2, 0.25) is 0 Å². The summed E-state index contributed by atoms with van der Waals surface area (Å²) in [7, 11) is 0. The molecule has 1 aromatic carbocycles. The molecule has 0 bridgehead atoms. The lowest BCUT2D eigenvalue weighted by molar-refractivity contribution is 0.297. The molecule has 0 N–H and O–H groups in total. The third-order valence-electron chi connectivity index (χ3n) is 6.51. The quantitative estimate of drug-likeness (QED) is 0.366. The molecule has 0 spiro atoms. The van der Waals surface area contributed by atoms with E-state index in [9.17, 15) is 0 Å². The van der Waals surface area contributed by atoms with Crippen LogP contribution in [0.1, 0.15) is 102 Å². The van der Waals surface area contributed by atoms with Crippen molar-refractivity contribution in [3.8, 4) is 11.1 Å². The van der Waals surface area contributed by atoms with Crippen molar-refractivity contribution in [2.75, 3.05) is 0 Å². The largest absolute Gasteiger partial charge is 0.240 e. The van der Waals surface area contributed by atoms with Gasteiger partial charge in [-0.2, -0.15) is 0 Å². The maximum Gasteiger partial charge on any atom is 0.131 e. The Kier molecular flexibility index (Phi) is 8.98. The molecule has 1 fully saturated rings. The van der Waals surface area contributed by atoms with Crippen molar-refractivity contribution < 1.29 is 0 Å². The maximum atomic E-state index is 6.58. The van der Waals surface area contributed by atoms with Gasteiger partial charge < -0.3 is 0 Å². The van der Waals surface area contributed by atoms with Crippen molar-refractivity contribution in [2.24, 2.45) is 5.92 Å². The van der Waals surface area contributed by atoms with Crippen LogP contribution in [0.25, 0.3) is 11.1 Å². The van der Waals surface area contributed by atoms with Crippen molar-refractivity contribution in [3.05, 3.63) is 47.0 Å². The molecule has 1 aromatic heterocycles. The highest BCUT2D eigenvalue weighted by molar-refractivity contribution is 6.33. The number of unbranched alkanes of at least 4 members (excludes halogenated alkanes) is 4. The first kappa shape index (κ1) is 22.3. The average Bonchev–Trinajstić information content (AvgIpc) is 2.75. The molecule has 29 heavy (non-hydrogen) atoms. The number of hydrogen-bond acceptors (Lipinski definition) is 2. The fourth-order valence-electron chi connectivity index (χ4n) is 4.61. The Hall–Kier alpha value is -1.41. The van der Waals surface area contributed by atoms with Crippen molar-refractivity contribution in [1.29, 1.82) is 0 Å². The molecule has 0 unspecified atom stereocenters. The van der Waals surface area contributed by atoms with Crippen LogP contribution in [0.2, 0.25) is 5.02 Å². The van der Waals surface area contributed by atoms with Crippen LogP contribution in [0, 0.1) is 5.92 Å². The number of aromatic nitrogens is 2. The minimum atomic E-state index is 0.530. The van der Waals surface area contributed by atoms with E-state index >= 15 is 0 Å². The average molecular weight is 413 g/mol. The summed E-state index contributed by atoms with van der Waals surface area (Å²) in [6, 6.07) is 6.44. The first-order chi connectivity index (χ1) is 14.2. The van der Waals surface area contributed by atoms with E-state index in [1.165, 1.54) is 76.2 Å². The van der Waals surface area contributed by atoms with Crippen LogP contribution in [-0.2, 0) is 6.42 Å². The molecule has 158 valence electrons. The van der Waals surface area contributed by atoms with Gasteiger partial charge in [-0.3, -0.25) is 0 Å². The lowest BCUT2D eigenvalue weighted by Crippen LogP contribution is -2.15. The topological polar surface area (TPSA) is 25.8 Å². The van der Waals surface area contributed by atoms with Gasteiger partial charge in [0.1, 0.15) is 5.82 Å². The van der Waals surface area contributed by atoms with Crippen LogP contribution < -0.4 is 0 Å². The summed E-state index contributed by atoms with van der Waals surface area (Å²) in [6.45, 7) is 4.52. The normalized spacial score (nSPS) is 19.4. The van der Waals surface area contributed by atoms with E-state index < -0.39 is 0 Å². The fourth-order valence-corrected chi connectivity index (χ4v) is 4.92. The number of aryl methyl sites for hydroxylation is 1. The Morgan fingerprint density at radius 3 is 2.24 bits per heavy atom. The molecule has 2 nitrogen and oxygen atoms in total. The summed E-state index contributed by atoms with van der Waals surface area (Å²) in [5.41, 5.74) is 3.38. The number of benzene rings is 1. The maximum absolute atomic E-state index is 6.58. The zero-order valence-corrected chi connectivity index (χ0v) is 19.1. The lowest BCUT2D eigenvalue weighted by atomic mass is 9.79. The van der Waals surface area contributed by atoms with Gasteiger partial charge in [0, 0.05) is 34.5 Å². The van der Waals surface area contributed by atoms with Gasteiger partial charge in [0.15, 0.2) is 0 Å². The van der Waals surface area contributed by atoms with E-state index in [0.717, 1.165) is 34.3 Å². The van der Waals surface area contributed by atoms with E-state index in [0.29, 0.717) is 5.92 Å². The highest BCUT2D eigenvalue weighted by atomic mass is 35.5. The van der Waals surface area contributed by atoms with Crippen LogP contribution in [0.4, 0.5) is 0 Å². The number of hydrogen-bond donors (Lipinski definition) is 0. The van der Waals surface area contributed by atoms with E-state index in [1.54, 1.807) is 0 Å². The fraction of sp³-hybridized carbons (Fsp3) is 0.615. The predicted octanol–water partition coefficient (Wildman–Crippen LogP) is 8.38. The van der Waals surface area contributed by atoms with Gasteiger partial charge in [0.05, 0.1) is 0 Å². The second kappa shape index (κ2) is 11.7. The molecule has 0 radical (unpaired) electrons. The van der Waals surface area contributed by atoms with Crippen molar-refractivity contribution in [1.82, 2.24) is 9.97 Å². The van der Waals surface area contributed by atoms with Gasteiger partial charge in [-0.05, 0) is 56.1 Å². The lowest BCUT2D eigenvalue weighted by Gasteiger charge is -2.27. The minimum Gasteiger partial charge on any atom is -0.240 e. The zero-order chi connectivity index (χ0) is 20.5. The predicted molar refractivity (Wildman–Crippen MR) is 125 cm³/mol. The Morgan fingerprint density at radius 2 is 1.59 bits per heavy atom. The molecule has 1 aliphatic rings. The van der Waals surface area contributed by atoms with E-state index in [-0.39, 0.29) is 0 Å². The number of nitrogens with zero attached hydrogens (tertiary/aromatic N) is 2. The molecular formula is C26H37ClN2. The van der Waals surface area contributed by atoms with E-state index in [2.05, 4.69) is 32.0 Å². The monoisotopic (exact) mass is 412 g/mol. The van der Waals surface area contributed by atoms with E-state index in [1.807, 2.05) is 12.4 Å². The molecule has 1 aliphatic carbocycles. The van der Waals surface area contributed by atoms with E-state index in [4.69, 9.17) is 21.6 Å². The molecule has 0 aliphatic heterocycles. The van der Waals surface area contributed by atoms with Crippen LogP contribution in [0.3, 0.4) is 0 Å². The van der Waals surface area contributed by atoms with Crippen molar-refractivity contribution in [2.45, 2.75) is 96.8 Å². The molecule has 0 atom stereocenters. The molecule has 3 heteroatoms. The van der Waals surface area contributed by atoms with Crippen LogP contribution >= 0.6 is 11.6 Å². The van der Waals surface area contributed by atoms with Crippen molar-refractivity contribution >= 4 is 11.6 Å². The third-order valence-corrected chi connectivity index (χ3v) is 6.83. The molecule has 1 saturated carbocycles. The summed E-state index contributed by atoms with van der Waals surface area (Å²) >= 11 is 6.58. The molecular weight excluding hydrogens is 376 g/mol. The highest BCUT2D eigenvalue weighted by Crippen LogP contribution is 2.37. The number of rotatable bonds is 10. The molecule has 3 rings (SSSR count).